The monoisotopic (exact) mass is 325 g/mol. The molecule has 6 heteroatoms. The Balaban J connectivity index is 1.76. The van der Waals surface area contributed by atoms with Crippen molar-refractivity contribution in [2.24, 2.45) is 0 Å². The largest absolute Gasteiger partial charge is 0.496 e. The van der Waals surface area contributed by atoms with Gasteiger partial charge >= 0.3 is 0 Å². The van der Waals surface area contributed by atoms with Crippen molar-refractivity contribution >= 4 is 22.4 Å². The van der Waals surface area contributed by atoms with Crippen molar-refractivity contribution in [2.75, 3.05) is 12.4 Å². The summed E-state index contributed by atoms with van der Waals surface area (Å²) < 4.78 is 5.20. The number of rotatable bonds is 4. The number of amides is 1. The molecule has 3 aromatic rings. The van der Waals surface area contributed by atoms with Crippen LogP contribution in [0.5, 0.6) is 5.75 Å². The number of aryl methyl sites for hydroxylation is 1. The number of anilines is 1. The second-order valence-corrected chi connectivity index (χ2v) is 5.89. The number of nitrogens with one attached hydrogen (secondary N) is 1. The summed E-state index contributed by atoms with van der Waals surface area (Å²) >= 11 is 1.34. The molecule has 5 nitrogen and oxygen atoms in total. The smallest absolute Gasteiger partial charge is 0.257 e. The van der Waals surface area contributed by atoms with Gasteiger partial charge in [0.15, 0.2) is 0 Å². The molecule has 0 unspecified atom stereocenters. The zero-order chi connectivity index (χ0) is 16.2. The maximum absolute atomic E-state index is 12.3. The van der Waals surface area contributed by atoms with Crippen LogP contribution in [-0.4, -0.2) is 23.2 Å². The zero-order valence-electron chi connectivity index (χ0n) is 12.7. The minimum absolute atomic E-state index is 0.216. The average molecular weight is 325 g/mol. The van der Waals surface area contributed by atoms with E-state index in [0.29, 0.717) is 10.7 Å². The Kier molecular flexibility index (Phi) is 4.34. The van der Waals surface area contributed by atoms with Crippen LogP contribution >= 0.6 is 11.3 Å². The molecule has 0 radical (unpaired) electrons. The topological polar surface area (TPSA) is 64.1 Å². The first-order valence-corrected chi connectivity index (χ1v) is 7.84. The fourth-order valence-corrected chi connectivity index (χ4v) is 2.90. The number of benzene rings is 2. The molecule has 0 aliphatic heterocycles. The van der Waals surface area contributed by atoms with Crippen molar-refractivity contribution in [3.05, 3.63) is 59.7 Å². The van der Waals surface area contributed by atoms with Crippen molar-refractivity contribution in [2.45, 2.75) is 6.92 Å². The van der Waals surface area contributed by atoms with E-state index >= 15 is 0 Å². The summed E-state index contributed by atoms with van der Waals surface area (Å²) in [7, 11) is 1.61. The van der Waals surface area contributed by atoms with Gasteiger partial charge in [0.1, 0.15) is 10.8 Å². The van der Waals surface area contributed by atoms with Crippen LogP contribution in [-0.2, 0) is 0 Å². The van der Waals surface area contributed by atoms with Crippen molar-refractivity contribution in [3.8, 4) is 16.3 Å². The summed E-state index contributed by atoms with van der Waals surface area (Å²) in [6.07, 6.45) is 0. The summed E-state index contributed by atoms with van der Waals surface area (Å²) in [5.74, 6) is 0.537. The van der Waals surface area contributed by atoms with Crippen LogP contribution in [0.1, 0.15) is 15.9 Å². The van der Waals surface area contributed by atoms with Gasteiger partial charge in [0.2, 0.25) is 5.13 Å². The van der Waals surface area contributed by atoms with Crippen molar-refractivity contribution in [1.82, 2.24) is 10.2 Å². The van der Waals surface area contributed by atoms with Gasteiger partial charge in [-0.2, -0.15) is 0 Å². The fourth-order valence-electron chi connectivity index (χ4n) is 2.16. The third-order valence-corrected chi connectivity index (χ3v) is 4.21. The Hall–Kier alpha value is -2.73. The Morgan fingerprint density at radius 1 is 1.13 bits per heavy atom. The summed E-state index contributed by atoms with van der Waals surface area (Å²) in [5.41, 5.74) is 2.44. The van der Waals surface area contributed by atoms with Crippen LogP contribution < -0.4 is 10.1 Å². The predicted molar refractivity (Wildman–Crippen MR) is 91.0 cm³/mol. The molecule has 0 saturated carbocycles. The first-order chi connectivity index (χ1) is 11.2. The molecule has 0 saturated heterocycles. The maximum atomic E-state index is 12.3. The third-order valence-electron chi connectivity index (χ3n) is 3.32. The lowest BCUT2D eigenvalue weighted by Gasteiger charge is -2.06. The van der Waals surface area contributed by atoms with Gasteiger partial charge in [-0.1, -0.05) is 41.7 Å². The lowest BCUT2D eigenvalue weighted by Crippen LogP contribution is -2.12. The van der Waals surface area contributed by atoms with Gasteiger partial charge < -0.3 is 4.74 Å². The molecule has 3 rings (SSSR count). The number of hydrogen-bond acceptors (Lipinski definition) is 5. The van der Waals surface area contributed by atoms with Crippen molar-refractivity contribution < 1.29 is 9.53 Å². The molecule has 1 amide bonds. The molecule has 1 N–H and O–H groups in total. The molecule has 0 aliphatic carbocycles. The van der Waals surface area contributed by atoms with E-state index in [1.54, 1.807) is 25.3 Å². The summed E-state index contributed by atoms with van der Waals surface area (Å²) in [6.45, 7) is 1.90. The van der Waals surface area contributed by atoms with Crippen LogP contribution in [0.2, 0.25) is 0 Å². The Morgan fingerprint density at radius 3 is 2.61 bits per heavy atom. The van der Waals surface area contributed by atoms with Gasteiger partial charge in [0, 0.05) is 11.1 Å². The van der Waals surface area contributed by atoms with Crippen LogP contribution in [0.15, 0.2) is 48.5 Å². The highest BCUT2D eigenvalue weighted by atomic mass is 32.1. The molecule has 0 spiro atoms. The van der Waals surface area contributed by atoms with E-state index < -0.39 is 0 Å². The highest BCUT2D eigenvalue weighted by molar-refractivity contribution is 7.18. The zero-order valence-corrected chi connectivity index (χ0v) is 13.6. The number of carbonyl (C=O) groups is 1. The molecule has 0 aliphatic rings. The molecular formula is C17H15N3O2S. The minimum atomic E-state index is -0.216. The lowest BCUT2D eigenvalue weighted by molar-refractivity contribution is 0.102. The Labute approximate surface area is 138 Å². The number of methoxy groups -OCH3 is 1. The van der Waals surface area contributed by atoms with Crippen LogP contribution in [0.4, 0.5) is 5.13 Å². The Morgan fingerprint density at radius 2 is 1.91 bits per heavy atom. The summed E-state index contributed by atoms with van der Waals surface area (Å²) in [4.78, 5) is 12.3. The quantitative estimate of drug-likeness (QED) is 0.793. The standard InChI is InChI=1S/C17H15N3O2S/c1-11-10-13(8-9-14(11)22-2)15(21)18-17-20-19-16(23-17)12-6-4-3-5-7-12/h3-10H,1-2H3,(H,18,20,21). The molecule has 1 heterocycles. The second kappa shape index (κ2) is 6.58. The number of ether oxygens (including phenoxy) is 1. The highest BCUT2D eigenvalue weighted by Gasteiger charge is 2.12. The molecule has 0 fully saturated rings. The third kappa shape index (κ3) is 3.37. The van der Waals surface area contributed by atoms with E-state index in [-0.39, 0.29) is 5.91 Å². The number of hydrogen-bond donors (Lipinski definition) is 1. The summed E-state index contributed by atoms with van der Waals surface area (Å²) in [5, 5.41) is 12.2. The van der Waals surface area contributed by atoms with Gasteiger partial charge in [-0.3, -0.25) is 10.1 Å². The SMILES string of the molecule is COc1ccc(C(=O)Nc2nnc(-c3ccccc3)s2)cc1C. The van der Waals surface area contributed by atoms with Gasteiger partial charge in [0.05, 0.1) is 7.11 Å². The predicted octanol–water partition coefficient (Wildman–Crippen LogP) is 3.77. The van der Waals surface area contributed by atoms with Crippen molar-refractivity contribution in [1.29, 1.82) is 0 Å². The van der Waals surface area contributed by atoms with E-state index in [4.69, 9.17) is 4.74 Å². The maximum Gasteiger partial charge on any atom is 0.257 e. The fraction of sp³-hybridized carbons (Fsp3) is 0.118. The van der Waals surface area contributed by atoms with E-state index in [9.17, 15) is 4.79 Å². The molecule has 23 heavy (non-hydrogen) atoms. The first-order valence-electron chi connectivity index (χ1n) is 7.02. The average Bonchev–Trinajstić information content (AvgIpc) is 3.04. The number of aromatic nitrogens is 2. The molecule has 0 atom stereocenters. The van der Waals surface area contributed by atoms with Gasteiger partial charge in [-0.25, -0.2) is 0 Å². The Bertz CT molecular complexity index is 831. The number of carbonyl (C=O) groups excluding carboxylic acids is 1. The molecule has 116 valence electrons. The van der Waals surface area contributed by atoms with E-state index in [0.717, 1.165) is 21.9 Å². The second-order valence-electron chi connectivity index (χ2n) is 4.92. The van der Waals surface area contributed by atoms with E-state index in [2.05, 4.69) is 15.5 Å². The normalized spacial score (nSPS) is 10.3. The van der Waals surface area contributed by atoms with Crippen LogP contribution in [0, 0.1) is 6.92 Å². The van der Waals surface area contributed by atoms with E-state index in [1.165, 1.54) is 11.3 Å². The molecule has 2 aromatic carbocycles. The summed E-state index contributed by atoms with van der Waals surface area (Å²) in [6, 6.07) is 15.0. The van der Waals surface area contributed by atoms with Gasteiger partial charge in [-0.15, -0.1) is 10.2 Å². The van der Waals surface area contributed by atoms with Gasteiger partial charge in [-0.05, 0) is 30.7 Å². The van der Waals surface area contributed by atoms with E-state index in [1.807, 2.05) is 37.3 Å². The lowest BCUT2D eigenvalue weighted by atomic mass is 10.1. The molecule has 1 aromatic heterocycles. The van der Waals surface area contributed by atoms with Gasteiger partial charge in [0.25, 0.3) is 5.91 Å². The van der Waals surface area contributed by atoms with Crippen LogP contribution in [0.3, 0.4) is 0 Å². The molecule has 0 bridgehead atoms. The van der Waals surface area contributed by atoms with Crippen LogP contribution in [0.25, 0.3) is 10.6 Å². The molecular weight excluding hydrogens is 310 g/mol. The number of nitrogens with zero attached hydrogens (tertiary/aromatic N) is 2. The van der Waals surface area contributed by atoms with Crippen molar-refractivity contribution in [3.63, 3.8) is 0 Å². The highest BCUT2D eigenvalue weighted by Crippen LogP contribution is 2.26. The minimum Gasteiger partial charge on any atom is -0.496 e. The first kappa shape index (κ1) is 15.2.